The van der Waals surface area contributed by atoms with Gasteiger partial charge in [0.25, 0.3) is 11.5 Å². The van der Waals surface area contributed by atoms with Gasteiger partial charge in [-0.25, -0.2) is 0 Å². The summed E-state index contributed by atoms with van der Waals surface area (Å²) < 4.78 is 10.5. The van der Waals surface area contributed by atoms with Crippen molar-refractivity contribution < 1.29 is 45.9 Å². The van der Waals surface area contributed by atoms with Crippen LogP contribution in [0.1, 0.15) is 176 Å². The number of phenolic OH excluding ortho intramolecular Hbond substituents is 2. The molecule has 388 valence electrons. The Bertz CT molecular complexity index is 2580. The Balaban J connectivity index is 0.00000456. The zero-order chi connectivity index (χ0) is 51.4. The number of aryl methyl sites for hydroxylation is 2. The van der Waals surface area contributed by atoms with Crippen molar-refractivity contribution in [2.24, 2.45) is 0 Å². The molecule has 72 heavy (non-hydrogen) atoms. The van der Waals surface area contributed by atoms with E-state index < -0.39 is 0 Å². The molecule has 4 nitrogen and oxygen atoms in total. The first-order valence-corrected chi connectivity index (χ1v) is 25.3. The first kappa shape index (κ1) is 61.7. The molecule has 0 saturated heterocycles. The molecule has 5 heteroatoms. The number of hydrogen-bond acceptors (Lipinski definition) is 2. The maximum atomic E-state index is 12.4. The maximum Gasteiger partial charge on any atom is 0.262 e. The van der Waals surface area contributed by atoms with Gasteiger partial charge < -0.3 is 34.5 Å². The molecule has 0 amide bonds. The summed E-state index contributed by atoms with van der Waals surface area (Å²) in [6, 6.07) is 35.2. The van der Waals surface area contributed by atoms with Crippen molar-refractivity contribution in [1.29, 1.82) is 0 Å². The van der Waals surface area contributed by atoms with E-state index in [0.29, 0.717) is 13.2 Å². The van der Waals surface area contributed by atoms with Gasteiger partial charge in [0.1, 0.15) is 17.9 Å². The van der Waals surface area contributed by atoms with E-state index in [-0.39, 0.29) is 85.0 Å². The minimum Gasteiger partial charge on any atom is -0.582 e. The van der Waals surface area contributed by atoms with Crippen molar-refractivity contribution in [2.45, 2.75) is 177 Å². The molecule has 0 radical (unpaired) electrons. The third-order valence-corrected chi connectivity index (χ3v) is 13.6. The molecule has 0 aliphatic heterocycles. The largest absolute Gasteiger partial charge is 0.582 e. The Morgan fingerprint density at radius 1 is 0.333 bits per heavy atom. The molecule has 6 aromatic carbocycles. The van der Waals surface area contributed by atoms with Crippen LogP contribution >= 0.6 is 0 Å². The van der Waals surface area contributed by atoms with Crippen molar-refractivity contribution in [2.75, 3.05) is 13.2 Å². The van der Waals surface area contributed by atoms with E-state index in [9.17, 15) is 10.2 Å². The van der Waals surface area contributed by atoms with Crippen molar-refractivity contribution in [3.63, 3.8) is 0 Å². The first-order valence-electron chi connectivity index (χ1n) is 25.3. The molecule has 6 aromatic rings. The van der Waals surface area contributed by atoms with Crippen LogP contribution in [-0.2, 0) is 58.7 Å². The molecular formula is C67H92O4Zr. The van der Waals surface area contributed by atoms with Gasteiger partial charge in [0.05, 0.1) is 11.1 Å². The van der Waals surface area contributed by atoms with Crippen molar-refractivity contribution in [3.8, 4) is 67.5 Å². The fourth-order valence-corrected chi connectivity index (χ4v) is 8.89. The van der Waals surface area contributed by atoms with Crippen molar-refractivity contribution >= 4 is 0 Å². The standard InChI is InChI=1S/C65H84O4.2CH3.Zr/c1-40-28-50(42-32-46(62(9,10)11)36-47(33-42)63(12,13)14)58(66)54(30-40)52-38-44(60(3,4)5)22-24-56(52)68-26-21-27-69-57-25-23-45(61(6,7)8)39-53(57)55-31-41(2)29-51(59(55)67)43-34-48(64(15,16)17)37-49(35-43)65(18,19)20;;;/h22-25,28-39,66-67H,21,26-27H2,1-20H3;2*1H3;/q;2*-1;/p+2. The van der Waals surface area contributed by atoms with Crippen LogP contribution in [0.4, 0.5) is 0 Å². The van der Waals surface area contributed by atoms with Crippen LogP contribution < -0.4 is 0 Å². The molecule has 0 aliphatic rings. The van der Waals surface area contributed by atoms with Gasteiger partial charge in [-0.15, -0.1) is 0 Å². The third kappa shape index (κ3) is 14.4. The van der Waals surface area contributed by atoms with Gasteiger partial charge in [-0.3, -0.25) is 0 Å². The van der Waals surface area contributed by atoms with Crippen LogP contribution in [-0.4, -0.2) is 32.9 Å². The third-order valence-electron chi connectivity index (χ3n) is 13.6. The van der Waals surface area contributed by atoms with Crippen LogP contribution in [0.3, 0.4) is 0 Å². The summed E-state index contributed by atoms with van der Waals surface area (Å²) >= 11 is 0. The van der Waals surface area contributed by atoms with Crippen molar-refractivity contribution in [3.05, 3.63) is 156 Å². The van der Waals surface area contributed by atoms with Gasteiger partial charge in [0.2, 0.25) is 0 Å². The predicted octanol–water partition coefficient (Wildman–Crippen LogP) is 18.6. The molecule has 0 bridgehead atoms. The molecule has 6 rings (SSSR count). The number of phenols is 2. The maximum absolute atomic E-state index is 12.4. The number of rotatable bonds is 10. The number of hydrogen-bond donors (Lipinski definition) is 2. The van der Waals surface area contributed by atoms with Gasteiger partial charge in [0, 0.05) is 60.6 Å². The number of benzene rings is 6. The molecule has 0 atom stereocenters. The van der Waals surface area contributed by atoms with E-state index in [1.54, 1.807) is 0 Å². The molecule has 0 heterocycles. The second kappa shape index (κ2) is 22.5. The van der Waals surface area contributed by atoms with E-state index in [0.717, 1.165) is 73.6 Å². The molecule has 0 fully saturated rings. The predicted molar refractivity (Wildman–Crippen MR) is 310 cm³/mol. The fraction of sp³-hybridized carbons (Fsp3) is 0.433. The van der Waals surface area contributed by atoms with Gasteiger partial charge in [0.15, 0.2) is 13.2 Å². The van der Waals surface area contributed by atoms with E-state index in [1.165, 1.54) is 33.4 Å². The van der Waals surface area contributed by atoms with Gasteiger partial charge in [-0.05, 0) is 151 Å². The summed E-state index contributed by atoms with van der Waals surface area (Å²) in [4.78, 5) is 0. The van der Waals surface area contributed by atoms with E-state index >= 15 is 0 Å². The Hall–Kier alpha value is -4.60. The monoisotopic (exact) mass is 1050 g/mol. The van der Waals surface area contributed by atoms with Crippen LogP contribution in [0.25, 0.3) is 44.5 Å². The SMILES string of the molecule is Cc1cc(-c2cc(C(C)(C)C)cc(C(C)(C)C)c2)c(O)c(-c2cc(C(C)(C)C)ccc2[OH+]CCC[OH+]c2ccc(C(C)(C)C)cc2-c2cc(C)cc(-c3cc(C(C)(C)C)cc(C(C)(C)C)c3)c2O)c1.[CH3-].[CH3-].[Zr]. The Morgan fingerprint density at radius 3 is 0.861 bits per heavy atom. The average molecular weight is 1050 g/mol. The molecular weight excluding hydrogens is 960 g/mol. The minimum absolute atomic E-state index is 0. The summed E-state index contributed by atoms with van der Waals surface area (Å²) in [5.74, 6) is 2.25. The summed E-state index contributed by atoms with van der Waals surface area (Å²) in [6.45, 7) is 45.7. The second-order valence-corrected chi connectivity index (χ2v) is 26.1. The summed E-state index contributed by atoms with van der Waals surface area (Å²) in [5, 5.41) is 24.8. The number of aliphatic hydroxyl groups is 2. The topological polar surface area (TPSA) is 66.1 Å². The summed E-state index contributed by atoms with van der Waals surface area (Å²) in [6.07, 6.45) is 0.724. The van der Waals surface area contributed by atoms with Crippen LogP contribution in [0, 0.1) is 28.7 Å². The molecule has 0 saturated carbocycles. The van der Waals surface area contributed by atoms with Crippen LogP contribution in [0.15, 0.2) is 97.1 Å². The van der Waals surface area contributed by atoms with E-state index in [4.69, 9.17) is 9.47 Å². The summed E-state index contributed by atoms with van der Waals surface area (Å²) in [7, 11) is 0. The smallest absolute Gasteiger partial charge is 0.262 e. The van der Waals surface area contributed by atoms with E-state index in [1.807, 2.05) is 0 Å². The fourth-order valence-electron chi connectivity index (χ4n) is 8.89. The average Bonchev–Trinajstić information content (AvgIpc) is 3.22. The quantitative estimate of drug-likeness (QED) is 0.0816. The Morgan fingerprint density at radius 2 is 0.597 bits per heavy atom. The Labute approximate surface area is 457 Å². The Kier molecular flexibility index (Phi) is 19.3. The van der Waals surface area contributed by atoms with Crippen LogP contribution in [0.2, 0.25) is 0 Å². The molecule has 0 unspecified atom stereocenters. The minimum atomic E-state index is -0.102. The van der Waals surface area contributed by atoms with Crippen LogP contribution in [0.5, 0.6) is 23.0 Å². The number of ether oxygens (including phenoxy) is 2. The van der Waals surface area contributed by atoms with Gasteiger partial charge in [-0.1, -0.05) is 161 Å². The summed E-state index contributed by atoms with van der Waals surface area (Å²) in [5.41, 5.74) is 16.2. The van der Waals surface area contributed by atoms with E-state index in [2.05, 4.69) is 236 Å². The molecule has 0 aliphatic carbocycles. The zero-order valence-corrected chi connectivity index (χ0v) is 51.1. The van der Waals surface area contributed by atoms with Gasteiger partial charge >= 0.3 is 0 Å². The second-order valence-electron chi connectivity index (χ2n) is 26.1. The normalized spacial score (nSPS) is 12.4. The molecule has 4 N–H and O–H groups in total. The number of aromatic hydroxyl groups is 4. The molecule has 0 spiro atoms. The zero-order valence-electron chi connectivity index (χ0n) is 48.6. The molecule has 0 aromatic heterocycles. The van der Waals surface area contributed by atoms with Crippen molar-refractivity contribution in [1.82, 2.24) is 0 Å². The van der Waals surface area contributed by atoms with Gasteiger partial charge in [-0.2, -0.15) is 0 Å². The first-order chi connectivity index (χ1) is 31.6.